The fourth-order valence-electron chi connectivity index (χ4n) is 4.34. The van der Waals surface area contributed by atoms with Crippen LogP contribution in [0.2, 0.25) is 0 Å². The molecule has 166 valence electrons. The fraction of sp³-hybridized carbons (Fsp3) is 0.261. The molecule has 4 heterocycles. The van der Waals surface area contributed by atoms with Crippen molar-refractivity contribution in [1.82, 2.24) is 30.0 Å². The number of benzene rings is 2. The van der Waals surface area contributed by atoms with Gasteiger partial charge in [0.05, 0.1) is 29.2 Å². The van der Waals surface area contributed by atoms with Crippen molar-refractivity contribution in [2.75, 3.05) is 13.3 Å². The summed E-state index contributed by atoms with van der Waals surface area (Å²) in [5.41, 5.74) is 2.83. The van der Waals surface area contributed by atoms with Crippen LogP contribution < -0.4 is 9.47 Å². The normalized spacial score (nSPS) is 17.0. The van der Waals surface area contributed by atoms with Crippen LogP contribution in [0.15, 0.2) is 53.3 Å². The minimum absolute atomic E-state index is 0.120. The summed E-state index contributed by atoms with van der Waals surface area (Å²) in [6.07, 6.45) is 4.75. The van der Waals surface area contributed by atoms with Gasteiger partial charge in [-0.3, -0.25) is 4.79 Å². The summed E-state index contributed by atoms with van der Waals surface area (Å²) in [5.74, 6) is 1.93. The van der Waals surface area contributed by atoms with Crippen LogP contribution in [0, 0.1) is 6.92 Å². The summed E-state index contributed by atoms with van der Waals surface area (Å²) in [5, 5.41) is 12.6. The zero-order valence-corrected chi connectivity index (χ0v) is 17.8. The molecule has 2 aromatic heterocycles. The van der Waals surface area contributed by atoms with Crippen LogP contribution in [0.4, 0.5) is 0 Å². The predicted molar refractivity (Wildman–Crippen MR) is 115 cm³/mol. The number of likely N-dealkylation sites (tertiary alicyclic amines) is 1. The van der Waals surface area contributed by atoms with Gasteiger partial charge in [-0.05, 0) is 44.0 Å². The Balaban J connectivity index is 1.33. The van der Waals surface area contributed by atoms with Crippen LogP contribution in [-0.4, -0.2) is 49.3 Å². The predicted octanol–water partition coefficient (Wildman–Crippen LogP) is 3.33. The van der Waals surface area contributed by atoms with Gasteiger partial charge in [0.25, 0.3) is 5.91 Å². The Labute approximate surface area is 188 Å². The van der Waals surface area contributed by atoms with Crippen molar-refractivity contribution in [3.8, 4) is 28.6 Å². The molecule has 2 aromatic carbocycles. The topological polar surface area (TPSA) is 108 Å². The van der Waals surface area contributed by atoms with Crippen molar-refractivity contribution >= 4 is 5.91 Å². The molecule has 0 unspecified atom stereocenters. The monoisotopic (exact) mass is 444 g/mol. The van der Waals surface area contributed by atoms with Gasteiger partial charge in [-0.1, -0.05) is 22.9 Å². The smallest absolute Gasteiger partial charge is 0.256 e. The zero-order chi connectivity index (χ0) is 22.4. The first kappa shape index (κ1) is 19.5. The van der Waals surface area contributed by atoms with Crippen LogP contribution in [0.3, 0.4) is 0 Å². The lowest BCUT2D eigenvalue weighted by molar-refractivity contribution is 0.0709. The highest BCUT2D eigenvalue weighted by molar-refractivity contribution is 5.98. The average molecular weight is 444 g/mol. The molecule has 1 atom stereocenters. The molecule has 1 saturated heterocycles. The molecule has 1 amide bonds. The second-order valence-electron chi connectivity index (χ2n) is 7.99. The third kappa shape index (κ3) is 3.30. The van der Waals surface area contributed by atoms with Crippen LogP contribution in [-0.2, 0) is 0 Å². The number of hydrogen-bond donors (Lipinski definition) is 0. The lowest BCUT2D eigenvalue weighted by Crippen LogP contribution is -2.31. The molecule has 10 nitrogen and oxygen atoms in total. The van der Waals surface area contributed by atoms with Gasteiger partial charge in [0.1, 0.15) is 6.04 Å². The number of ether oxygens (including phenoxy) is 2. The third-order valence-corrected chi connectivity index (χ3v) is 5.89. The van der Waals surface area contributed by atoms with Gasteiger partial charge in [-0.15, -0.1) is 0 Å². The minimum atomic E-state index is -0.313. The number of hydrogen-bond acceptors (Lipinski definition) is 8. The number of aromatic nitrogens is 5. The Morgan fingerprint density at radius 2 is 2.00 bits per heavy atom. The molecule has 2 aliphatic heterocycles. The van der Waals surface area contributed by atoms with E-state index >= 15 is 0 Å². The van der Waals surface area contributed by atoms with Gasteiger partial charge < -0.3 is 18.9 Å². The lowest BCUT2D eigenvalue weighted by Gasteiger charge is -2.23. The number of nitrogens with zero attached hydrogens (tertiary/aromatic N) is 6. The van der Waals surface area contributed by atoms with E-state index < -0.39 is 0 Å². The van der Waals surface area contributed by atoms with Crippen LogP contribution in [0.25, 0.3) is 17.1 Å². The number of fused-ring (bicyclic) bond motifs is 1. The summed E-state index contributed by atoms with van der Waals surface area (Å²) in [7, 11) is 0. The Morgan fingerprint density at radius 1 is 1.12 bits per heavy atom. The second kappa shape index (κ2) is 7.73. The molecule has 0 saturated carbocycles. The van der Waals surface area contributed by atoms with E-state index in [1.807, 2.05) is 43.3 Å². The SMILES string of the molecule is Cc1ccc(-n2nccn2)c(C(=O)N2CCC[C@H]2c2nc(-c3cccc4c3OCO4)no2)c1. The molecule has 6 rings (SSSR count). The minimum Gasteiger partial charge on any atom is -0.454 e. The van der Waals surface area contributed by atoms with Gasteiger partial charge in [-0.25, -0.2) is 0 Å². The quantitative estimate of drug-likeness (QED) is 0.472. The maximum absolute atomic E-state index is 13.7. The summed E-state index contributed by atoms with van der Waals surface area (Å²) < 4.78 is 16.6. The Hall–Kier alpha value is -4.21. The van der Waals surface area contributed by atoms with E-state index in [1.165, 1.54) is 4.80 Å². The lowest BCUT2D eigenvalue weighted by atomic mass is 10.1. The Morgan fingerprint density at radius 3 is 2.88 bits per heavy atom. The summed E-state index contributed by atoms with van der Waals surface area (Å²) in [6.45, 7) is 2.71. The molecule has 33 heavy (non-hydrogen) atoms. The Bertz CT molecular complexity index is 1330. The average Bonchev–Trinajstić information content (AvgIpc) is 3.63. The van der Waals surface area contributed by atoms with Crippen molar-refractivity contribution in [2.45, 2.75) is 25.8 Å². The van der Waals surface area contributed by atoms with E-state index in [4.69, 9.17) is 14.0 Å². The Kier molecular flexibility index (Phi) is 4.56. The van der Waals surface area contributed by atoms with Gasteiger partial charge in [0.15, 0.2) is 11.5 Å². The number of carbonyl (C=O) groups excluding carboxylic acids is 1. The van der Waals surface area contributed by atoms with E-state index in [1.54, 1.807) is 17.3 Å². The van der Waals surface area contributed by atoms with E-state index in [0.29, 0.717) is 46.6 Å². The van der Waals surface area contributed by atoms with Crippen molar-refractivity contribution in [3.05, 3.63) is 65.8 Å². The number of aryl methyl sites for hydroxylation is 1. The first-order valence-electron chi connectivity index (χ1n) is 10.7. The summed E-state index contributed by atoms with van der Waals surface area (Å²) in [4.78, 5) is 21.5. The van der Waals surface area contributed by atoms with Gasteiger partial charge in [-0.2, -0.15) is 20.0 Å². The number of para-hydroxylation sites is 1. The van der Waals surface area contributed by atoms with Gasteiger partial charge >= 0.3 is 0 Å². The van der Waals surface area contributed by atoms with Crippen molar-refractivity contribution in [1.29, 1.82) is 0 Å². The zero-order valence-electron chi connectivity index (χ0n) is 17.8. The van der Waals surface area contributed by atoms with E-state index in [2.05, 4.69) is 20.3 Å². The summed E-state index contributed by atoms with van der Waals surface area (Å²) in [6, 6.07) is 10.9. The molecule has 0 aliphatic carbocycles. The van der Waals surface area contributed by atoms with Crippen LogP contribution >= 0.6 is 0 Å². The van der Waals surface area contributed by atoms with E-state index in [0.717, 1.165) is 18.4 Å². The highest BCUT2D eigenvalue weighted by Crippen LogP contribution is 2.41. The standard InChI is InChI=1S/C23H20N6O4/c1-14-7-8-17(29-24-9-10-25-29)16(12-14)23(30)28-11-3-5-18(28)22-26-21(27-33-22)15-4-2-6-19-20(15)32-13-31-19/h2,4,6-10,12,18H,3,5,11,13H2,1H3/t18-/m0/s1. The van der Waals surface area contributed by atoms with Gasteiger partial charge in [0, 0.05) is 6.54 Å². The van der Waals surface area contributed by atoms with E-state index in [-0.39, 0.29) is 18.7 Å². The molecule has 0 radical (unpaired) electrons. The number of rotatable bonds is 4. The largest absolute Gasteiger partial charge is 0.454 e. The molecule has 0 bridgehead atoms. The molecule has 0 N–H and O–H groups in total. The first-order chi connectivity index (χ1) is 16.2. The third-order valence-electron chi connectivity index (χ3n) is 5.89. The van der Waals surface area contributed by atoms with Crippen LogP contribution in [0.5, 0.6) is 11.5 Å². The highest BCUT2D eigenvalue weighted by Gasteiger charge is 2.36. The maximum Gasteiger partial charge on any atom is 0.256 e. The maximum atomic E-state index is 13.7. The van der Waals surface area contributed by atoms with Crippen molar-refractivity contribution in [3.63, 3.8) is 0 Å². The molecule has 1 fully saturated rings. The highest BCUT2D eigenvalue weighted by atomic mass is 16.7. The molecule has 2 aliphatic rings. The fourth-order valence-corrected chi connectivity index (χ4v) is 4.34. The molecule has 10 heteroatoms. The van der Waals surface area contributed by atoms with Crippen LogP contribution in [0.1, 0.15) is 40.7 Å². The molecular formula is C23H20N6O4. The van der Waals surface area contributed by atoms with Crippen molar-refractivity contribution in [2.24, 2.45) is 0 Å². The van der Waals surface area contributed by atoms with Gasteiger partial charge in [0.2, 0.25) is 18.5 Å². The molecule has 4 aromatic rings. The second-order valence-corrected chi connectivity index (χ2v) is 7.99. The van der Waals surface area contributed by atoms with E-state index in [9.17, 15) is 4.79 Å². The number of carbonyl (C=O) groups is 1. The number of amides is 1. The molecular weight excluding hydrogens is 424 g/mol. The summed E-state index contributed by atoms with van der Waals surface area (Å²) >= 11 is 0. The van der Waals surface area contributed by atoms with Crippen molar-refractivity contribution < 1.29 is 18.8 Å². The molecule has 0 spiro atoms. The first-order valence-corrected chi connectivity index (χ1v) is 10.7.